The minimum atomic E-state index is -1.20. The lowest BCUT2D eigenvalue weighted by molar-refractivity contribution is -0.162. The maximum absolute atomic E-state index is 14.6. The van der Waals surface area contributed by atoms with Gasteiger partial charge in [0.25, 0.3) is 5.91 Å². The Labute approximate surface area is 224 Å². The number of benzene rings is 1. The van der Waals surface area contributed by atoms with E-state index in [-0.39, 0.29) is 37.5 Å². The van der Waals surface area contributed by atoms with Gasteiger partial charge in [0, 0.05) is 12.2 Å². The first-order valence-electron chi connectivity index (χ1n) is 13.5. The molecule has 0 radical (unpaired) electrons. The third-order valence-electron chi connectivity index (χ3n) is 8.67. The van der Waals surface area contributed by atoms with Crippen LogP contribution in [0.3, 0.4) is 0 Å². The molecule has 4 rings (SSSR count). The number of aliphatic hydroxyl groups is 1. The highest BCUT2D eigenvalue weighted by atomic mass is 16.6. The number of likely N-dealkylation sites (tertiary alicyclic amines) is 1. The van der Waals surface area contributed by atoms with E-state index in [1.165, 1.54) is 4.90 Å². The zero-order valence-electron chi connectivity index (χ0n) is 23.0. The van der Waals surface area contributed by atoms with E-state index in [0.29, 0.717) is 30.7 Å². The van der Waals surface area contributed by atoms with Crippen molar-refractivity contribution in [3.8, 4) is 5.75 Å². The predicted molar refractivity (Wildman–Crippen MR) is 142 cm³/mol. The molecule has 2 unspecified atom stereocenters. The fraction of sp³-hybridized carbons (Fsp3) is 0.621. The molecule has 9 nitrogen and oxygen atoms in total. The second-order valence-corrected chi connectivity index (χ2v) is 10.8. The van der Waals surface area contributed by atoms with E-state index < -0.39 is 41.1 Å². The molecule has 6 atom stereocenters. The Kier molecular flexibility index (Phi) is 7.91. The van der Waals surface area contributed by atoms with Crippen LogP contribution in [0.25, 0.3) is 0 Å². The van der Waals surface area contributed by atoms with E-state index in [9.17, 15) is 19.5 Å². The molecule has 0 aromatic heterocycles. The number of fused-ring (bicyclic) bond motifs is 1. The summed E-state index contributed by atoms with van der Waals surface area (Å²) in [5, 5.41) is 10.4. The maximum atomic E-state index is 14.6. The van der Waals surface area contributed by atoms with Gasteiger partial charge in [-0.25, -0.2) is 0 Å². The van der Waals surface area contributed by atoms with Crippen molar-refractivity contribution in [3.05, 3.63) is 36.9 Å². The second-order valence-electron chi connectivity index (χ2n) is 10.8. The molecule has 2 amide bonds. The summed E-state index contributed by atoms with van der Waals surface area (Å²) in [5.74, 6) is -2.30. The molecule has 3 fully saturated rings. The summed E-state index contributed by atoms with van der Waals surface area (Å²) >= 11 is 0. The molecule has 1 spiro atoms. The van der Waals surface area contributed by atoms with Crippen LogP contribution in [-0.4, -0.2) is 77.9 Å². The van der Waals surface area contributed by atoms with Crippen molar-refractivity contribution in [1.82, 2.24) is 4.90 Å². The summed E-state index contributed by atoms with van der Waals surface area (Å²) < 4.78 is 17.5. The van der Waals surface area contributed by atoms with E-state index in [2.05, 4.69) is 6.58 Å². The Morgan fingerprint density at radius 1 is 1.26 bits per heavy atom. The van der Waals surface area contributed by atoms with Crippen LogP contribution in [0, 0.1) is 17.8 Å². The Balaban J connectivity index is 1.86. The number of carbonyl (C=O) groups is 3. The zero-order chi connectivity index (χ0) is 27.8. The molecule has 0 aliphatic carbocycles. The molecular formula is C29H40N2O7. The van der Waals surface area contributed by atoms with Gasteiger partial charge in [-0.1, -0.05) is 26.8 Å². The molecule has 3 aliphatic rings. The largest absolute Gasteiger partial charge is 0.497 e. The minimum Gasteiger partial charge on any atom is -0.497 e. The smallest absolute Gasteiger partial charge is 0.312 e. The maximum Gasteiger partial charge on any atom is 0.312 e. The van der Waals surface area contributed by atoms with Gasteiger partial charge in [0.2, 0.25) is 5.91 Å². The van der Waals surface area contributed by atoms with Crippen molar-refractivity contribution in [1.29, 1.82) is 0 Å². The first kappa shape index (κ1) is 28.1. The minimum absolute atomic E-state index is 0.137. The van der Waals surface area contributed by atoms with Gasteiger partial charge < -0.3 is 29.1 Å². The zero-order valence-corrected chi connectivity index (χ0v) is 23.0. The van der Waals surface area contributed by atoms with E-state index in [4.69, 9.17) is 14.2 Å². The number of rotatable bonds is 11. The number of ether oxygens (including phenoxy) is 3. The molecule has 208 valence electrons. The quantitative estimate of drug-likeness (QED) is 0.348. The van der Waals surface area contributed by atoms with Crippen molar-refractivity contribution >= 4 is 23.5 Å². The van der Waals surface area contributed by atoms with Crippen molar-refractivity contribution in [2.45, 2.75) is 70.2 Å². The van der Waals surface area contributed by atoms with Crippen molar-refractivity contribution < 1.29 is 33.7 Å². The average molecular weight is 529 g/mol. The molecule has 1 aromatic rings. The lowest BCUT2D eigenvalue weighted by atomic mass is 9.65. The van der Waals surface area contributed by atoms with Crippen LogP contribution in [-0.2, 0) is 23.9 Å². The summed E-state index contributed by atoms with van der Waals surface area (Å²) in [6, 6.07) is 5.45. The van der Waals surface area contributed by atoms with Gasteiger partial charge in [0.05, 0.1) is 37.9 Å². The van der Waals surface area contributed by atoms with Crippen LogP contribution in [0.4, 0.5) is 5.69 Å². The number of methoxy groups -OCH3 is 1. The molecule has 0 saturated carbocycles. The molecule has 1 aromatic carbocycles. The first-order valence-corrected chi connectivity index (χ1v) is 13.5. The van der Waals surface area contributed by atoms with E-state index in [1.54, 1.807) is 49.3 Å². The third-order valence-corrected chi connectivity index (χ3v) is 8.67. The highest BCUT2D eigenvalue weighted by molar-refractivity contribution is 6.05. The standard InChI is InChI=1S/C29H40N2O7/c1-7-16-30(19-10-12-20(36-6)13-11-19)26(34)24-29-15-14-28(8-2,38-29)23(27(35)37-9-3)22(29)25(33)31(24)21(17-32)18(4)5/h7,10-13,18,21-24,32H,1,8-9,14-17H2,2-6H3/t21-,22-,23-,24?,28+,29?/m0/s1. The normalized spacial score (nSPS) is 30.3. The highest BCUT2D eigenvalue weighted by Crippen LogP contribution is 2.65. The first-order chi connectivity index (χ1) is 18.2. The van der Waals surface area contributed by atoms with E-state index in [0.717, 1.165) is 0 Å². The van der Waals surface area contributed by atoms with Gasteiger partial charge >= 0.3 is 5.97 Å². The highest BCUT2D eigenvalue weighted by Gasteiger charge is 2.79. The van der Waals surface area contributed by atoms with Crippen molar-refractivity contribution in [2.24, 2.45) is 17.8 Å². The number of anilines is 1. The number of amides is 2. The monoisotopic (exact) mass is 528 g/mol. The number of hydrogen-bond acceptors (Lipinski definition) is 7. The summed E-state index contributed by atoms with van der Waals surface area (Å²) in [5.41, 5.74) is -1.45. The molecule has 9 heteroatoms. The Morgan fingerprint density at radius 3 is 2.47 bits per heavy atom. The summed E-state index contributed by atoms with van der Waals surface area (Å²) in [6.07, 6.45) is 3.16. The van der Waals surface area contributed by atoms with Crippen molar-refractivity contribution in [3.63, 3.8) is 0 Å². The topological polar surface area (TPSA) is 106 Å². The molecular weight excluding hydrogens is 488 g/mol. The van der Waals surface area contributed by atoms with Crippen LogP contribution in [0.5, 0.6) is 5.75 Å². The molecule has 3 aliphatic heterocycles. The molecule has 1 N–H and O–H groups in total. The number of aliphatic hydroxyl groups excluding tert-OH is 1. The van der Waals surface area contributed by atoms with E-state index >= 15 is 0 Å². The lowest BCUT2D eigenvalue weighted by Crippen LogP contribution is -2.60. The van der Waals surface area contributed by atoms with Gasteiger partial charge in [-0.2, -0.15) is 0 Å². The fourth-order valence-electron chi connectivity index (χ4n) is 6.86. The van der Waals surface area contributed by atoms with Gasteiger partial charge in [0.1, 0.15) is 23.3 Å². The Morgan fingerprint density at radius 2 is 1.95 bits per heavy atom. The molecule has 3 heterocycles. The fourth-order valence-corrected chi connectivity index (χ4v) is 6.86. The summed E-state index contributed by atoms with van der Waals surface area (Å²) in [4.78, 5) is 45.3. The lowest BCUT2D eigenvalue weighted by Gasteiger charge is -2.40. The molecule has 2 bridgehead atoms. The van der Waals surface area contributed by atoms with Crippen LogP contribution in [0.2, 0.25) is 0 Å². The number of hydrogen-bond donors (Lipinski definition) is 1. The summed E-state index contributed by atoms with van der Waals surface area (Å²) in [6.45, 7) is 11.4. The van der Waals surface area contributed by atoms with Crippen molar-refractivity contribution in [2.75, 3.05) is 31.8 Å². The van der Waals surface area contributed by atoms with Gasteiger partial charge in [-0.3, -0.25) is 14.4 Å². The van der Waals surface area contributed by atoms with Gasteiger partial charge in [0.15, 0.2) is 0 Å². The van der Waals surface area contributed by atoms with Gasteiger partial charge in [-0.15, -0.1) is 6.58 Å². The number of nitrogens with zero attached hydrogens (tertiary/aromatic N) is 2. The second kappa shape index (κ2) is 10.7. The SMILES string of the molecule is C=CCN(C(=O)C1N([C@@H](CO)C(C)C)C(=O)[C@@H]2[C@@H](C(=O)OCC)[C@@]3(CC)CCC12O3)c1ccc(OC)cc1. The van der Waals surface area contributed by atoms with Gasteiger partial charge in [-0.05, 0) is 56.4 Å². The number of carbonyl (C=O) groups excluding carboxylic acids is 3. The van der Waals surface area contributed by atoms with Crippen LogP contribution in [0.1, 0.15) is 47.0 Å². The third kappa shape index (κ3) is 4.11. The average Bonchev–Trinajstić information content (AvgIpc) is 3.51. The predicted octanol–water partition coefficient (Wildman–Crippen LogP) is 2.95. The number of esters is 1. The van der Waals surface area contributed by atoms with Crippen LogP contribution >= 0.6 is 0 Å². The summed E-state index contributed by atoms with van der Waals surface area (Å²) in [7, 11) is 1.57. The Bertz CT molecular complexity index is 1070. The molecule has 3 saturated heterocycles. The van der Waals surface area contributed by atoms with E-state index in [1.807, 2.05) is 20.8 Å². The van der Waals surface area contributed by atoms with Crippen LogP contribution < -0.4 is 9.64 Å². The molecule has 38 heavy (non-hydrogen) atoms. The van der Waals surface area contributed by atoms with Crippen LogP contribution in [0.15, 0.2) is 36.9 Å². The Hall–Kier alpha value is -2.91.